The van der Waals surface area contributed by atoms with Crippen LogP contribution in [0.4, 0.5) is 17.1 Å². The number of hydrogen-bond acceptors (Lipinski definition) is 7. The van der Waals surface area contributed by atoms with Gasteiger partial charge in [-0.2, -0.15) is 0 Å². The van der Waals surface area contributed by atoms with Crippen LogP contribution in [0.25, 0.3) is 0 Å². The summed E-state index contributed by atoms with van der Waals surface area (Å²) in [5, 5.41) is 12.9. The Kier molecular flexibility index (Phi) is 9.23. The van der Waals surface area contributed by atoms with Crippen LogP contribution in [-0.2, 0) is 14.4 Å². The van der Waals surface area contributed by atoms with Crippen LogP contribution in [0.1, 0.15) is 62.6 Å². The number of methoxy groups -OCH3 is 2. The summed E-state index contributed by atoms with van der Waals surface area (Å²) in [5.74, 6) is -0.392. The molecule has 0 aromatic heterocycles. The summed E-state index contributed by atoms with van der Waals surface area (Å²) < 4.78 is 11.0. The van der Waals surface area contributed by atoms with Crippen LogP contribution >= 0.6 is 0 Å². The van der Waals surface area contributed by atoms with Crippen LogP contribution in [0.15, 0.2) is 78.0 Å². The second-order valence-corrected chi connectivity index (χ2v) is 11.0. The van der Waals surface area contributed by atoms with Crippen LogP contribution in [0.2, 0.25) is 0 Å². The Hall–Kier alpha value is -4.79. The van der Waals surface area contributed by atoms with Crippen molar-refractivity contribution in [2.45, 2.75) is 51.5 Å². The largest absolute Gasteiger partial charge is 0.493 e. The average molecular weight is 598 g/mol. The lowest BCUT2D eigenvalue weighted by Gasteiger charge is -2.35. The smallest absolute Gasteiger partial charge is 0.303 e. The van der Waals surface area contributed by atoms with Crippen molar-refractivity contribution < 1.29 is 29.0 Å². The fraction of sp³-hybridized carbons (Fsp3) is 0.343. The third-order valence-corrected chi connectivity index (χ3v) is 8.53. The number of ketones is 1. The fourth-order valence-electron chi connectivity index (χ4n) is 6.31. The SMILES string of the molecule is CCN(CC)c1ccc([C@@H]2C3=C(C[C@H](c4ccc(OC)c(OC)c4)CC3=O)Nc3ccccc3N2C(=O)CCC(=O)O)cc1. The van der Waals surface area contributed by atoms with Gasteiger partial charge in [0.1, 0.15) is 0 Å². The maximum absolute atomic E-state index is 14.3. The summed E-state index contributed by atoms with van der Waals surface area (Å²) in [4.78, 5) is 43.5. The third kappa shape index (κ3) is 6.00. The Morgan fingerprint density at radius 3 is 2.25 bits per heavy atom. The number of Topliss-reactive ketones (excluding diaryl/α,β-unsaturated/α-hetero) is 1. The van der Waals surface area contributed by atoms with Crippen LogP contribution in [-0.4, -0.2) is 50.1 Å². The lowest BCUT2D eigenvalue weighted by molar-refractivity contribution is -0.138. The highest BCUT2D eigenvalue weighted by Crippen LogP contribution is 2.48. The molecule has 1 aliphatic heterocycles. The van der Waals surface area contributed by atoms with Gasteiger partial charge in [-0.25, -0.2) is 0 Å². The molecule has 0 unspecified atom stereocenters. The number of allylic oxidation sites excluding steroid dienone is 1. The molecule has 230 valence electrons. The topological polar surface area (TPSA) is 108 Å². The molecule has 0 saturated heterocycles. The van der Waals surface area contributed by atoms with Crippen molar-refractivity contribution in [1.29, 1.82) is 0 Å². The molecular formula is C35H39N3O6. The molecule has 9 nitrogen and oxygen atoms in total. The highest BCUT2D eigenvalue weighted by Gasteiger charge is 2.41. The molecule has 1 aliphatic carbocycles. The molecule has 3 aromatic carbocycles. The second kappa shape index (κ2) is 13.2. The molecule has 0 radical (unpaired) electrons. The highest BCUT2D eigenvalue weighted by molar-refractivity contribution is 6.06. The van der Waals surface area contributed by atoms with Gasteiger partial charge in [0.25, 0.3) is 0 Å². The van der Waals surface area contributed by atoms with Crippen molar-refractivity contribution in [2.24, 2.45) is 0 Å². The summed E-state index contributed by atoms with van der Waals surface area (Å²) in [7, 11) is 3.17. The van der Waals surface area contributed by atoms with Gasteiger partial charge < -0.3 is 24.8 Å². The van der Waals surface area contributed by atoms with E-state index < -0.39 is 12.0 Å². The normalized spacial score (nSPS) is 17.6. The summed E-state index contributed by atoms with van der Waals surface area (Å²) in [6.45, 7) is 5.89. The molecule has 3 aromatic rings. The predicted octanol–water partition coefficient (Wildman–Crippen LogP) is 6.32. The van der Waals surface area contributed by atoms with E-state index in [1.54, 1.807) is 19.1 Å². The van der Waals surface area contributed by atoms with Gasteiger partial charge in [-0.1, -0.05) is 30.3 Å². The molecule has 0 spiro atoms. The third-order valence-electron chi connectivity index (χ3n) is 8.53. The molecule has 9 heteroatoms. The van der Waals surface area contributed by atoms with Gasteiger partial charge in [0.05, 0.1) is 38.1 Å². The van der Waals surface area contributed by atoms with Gasteiger partial charge in [0.15, 0.2) is 17.3 Å². The number of anilines is 3. The van der Waals surface area contributed by atoms with Crippen molar-refractivity contribution in [2.75, 3.05) is 42.4 Å². The van der Waals surface area contributed by atoms with Crippen molar-refractivity contribution in [3.63, 3.8) is 0 Å². The minimum Gasteiger partial charge on any atom is -0.493 e. The fourth-order valence-corrected chi connectivity index (χ4v) is 6.31. The molecule has 1 heterocycles. The molecule has 0 bridgehead atoms. The number of nitrogens with zero attached hydrogens (tertiary/aromatic N) is 2. The minimum atomic E-state index is -1.05. The number of nitrogens with one attached hydrogen (secondary N) is 1. The zero-order chi connectivity index (χ0) is 31.4. The molecular weight excluding hydrogens is 558 g/mol. The van der Waals surface area contributed by atoms with Crippen molar-refractivity contribution >= 4 is 34.7 Å². The van der Waals surface area contributed by atoms with Crippen LogP contribution in [0.5, 0.6) is 11.5 Å². The molecule has 2 atom stereocenters. The van der Waals surface area contributed by atoms with Gasteiger partial charge in [-0.3, -0.25) is 19.3 Å². The zero-order valence-electron chi connectivity index (χ0n) is 25.6. The number of amides is 1. The van der Waals surface area contributed by atoms with E-state index in [2.05, 4.69) is 24.1 Å². The van der Waals surface area contributed by atoms with Crippen LogP contribution in [0.3, 0.4) is 0 Å². The lowest BCUT2D eigenvalue weighted by atomic mass is 9.78. The van der Waals surface area contributed by atoms with E-state index in [0.29, 0.717) is 34.9 Å². The summed E-state index contributed by atoms with van der Waals surface area (Å²) >= 11 is 0. The monoisotopic (exact) mass is 597 g/mol. The highest BCUT2D eigenvalue weighted by atomic mass is 16.5. The number of hydrogen-bond donors (Lipinski definition) is 2. The van der Waals surface area contributed by atoms with E-state index in [1.807, 2.05) is 66.7 Å². The van der Waals surface area contributed by atoms with E-state index in [9.17, 15) is 19.5 Å². The maximum Gasteiger partial charge on any atom is 0.303 e. The molecule has 44 heavy (non-hydrogen) atoms. The van der Waals surface area contributed by atoms with Crippen molar-refractivity contribution in [1.82, 2.24) is 0 Å². The molecule has 0 fully saturated rings. The lowest BCUT2D eigenvalue weighted by Crippen LogP contribution is -2.38. The van der Waals surface area contributed by atoms with Gasteiger partial charge >= 0.3 is 5.97 Å². The number of carboxylic acid groups (broad SMARTS) is 1. The van der Waals surface area contributed by atoms with Crippen LogP contribution < -0.4 is 24.6 Å². The van der Waals surface area contributed by atoms with E-state index in [4.69, 9.17) is 9.47 Å². The average Bonchev–Trinajstić information content (AvgIpc) is 3.19. The predicted molar refractivity (Wildman–Crippen MR) is 171 cm³/mol. The van der Waals surface area contributed by atoms with Gasteiger partial charge in [-0.05, 0) is 73.7 Å². The van der Waals surface area contributed by atoms with Crippen LogP contribution in [0, 0.1) is 0 Å². The Bertz CT molecular complexity index is 1580. The number of para-hydroxylation sites is 2. The number of benzene rings is 3. The Balaban J connectivity index is 1.65. The zero-order valence-corrected chi connectivity index (χ0v) is 25.6. The Labute approximate surface area is 258 Å². The van der Waals surface area contributed by atoms with Crippen molar-refractivity contribution in [3.8, 4) is 11.5 Å². The van der Waals surface area contributed by atoms with E-state index in [-0.39, 0.29) is 36.9 Å². The molecule has 5 rings (SSSR count). The number of carbonyl (C=O) groups excluding carboxylic acids is 2. The second-order valence-electron chi connectivity index (χ2n) is 11.0. The molecule has 2 N–H and O–H groups in total. The number of carboxylic acids is 1. The summed E-state index contributed by atoms with van der Waals surface area (Å²) in [6, 6.07) is 20.4. The van der Waals surface area contributed by atoms with Gasteiger partial charge in [0, 0.05) is 42.9 Å². The first-order chi connectivity index (χ1) is 21.3. The van der Waals surface area contributed by atoms with Gasteiger partial charge in [-0.15, -0.1) is 0 Å². The van der Waals surface area contributed by atoms with Crippen molar-refractivity contribution in [3.05, 3.63) is 89.1 Å². The number of carbonyl (C=O) groups is 3. The standard InChI is InChI=1S/C35H39N3O6/c1-5-37(6-2)25-14-11-22(12-15-25)35-34-27(19-24(20-29(34)39)23-13-16-30(43-3)31(21-23)44-4)36-26-9-7-8-10-28(26)38(35)32(40)17-18-33(41)42/h7-16,21,24,35-36H,5-6,17-20H2,1-4H3,(H,41,42)/t24-,35+/m0/s1. The molecule has 2 aliphatic rings. The van der Waals surface area contributed by atoms with E-state index >= 15 is 0 Å². The number of aliphatic carboxylic acids is 1. The first-order valence-corrected chi connectivity index (χ1v) is 15.0. The Morgan fingerprint density at radius 2 is 1.59 bits per heavy atom. The van der Waals surface area contributed by atoms with E-state index in [1.165, 1.54) is 0 Å². The number of ether oxygens (including phenoxy) is 2. The quantitative estimate of drug-likeness (QED) is 0.280. The number of rotatable bonds is 10. The Morgan fingerprint density at radius 1 is 0.909 bits per heavy atom. The summed E-state index contributed by atoms with van der Waals surface area (Å²) in [5.41, 5.74) is 5.35. The first-order valence-electron chi connectivity index (χ1n) is 15.0. The molecule has 1 amide bonds. The maximum atomic E-state index is 14.3. The number of fused-ring (bicyclic) bond motifs is 1. The molecule has 0 saturated carbocycles. The van der Waals surface area contributed by atoms with Gasteiger partial charge in [0.2, 0.25) is 5.91 Å². The summed E-state index contributed by atoms with van der Waals surface area (Å²) in [6.07, 6.45) is 0.288. The van der Waals surface area contributed by atoms with E-state index in [0.717, 1.165) is 35.6 Å². The first kappa shape index (κ1) is 30.7. The minimum absolute atomic E-state index is 0.0693.